The fourth-order valence-corrected chi connectivity index (χ4v) is 16.9. The van der Waals surface area contributed by atoms with Gasteiger partial charge in [-0.1, -0.05) is 0 Å². The van der Waals surface area contributed by atoms with Crippen molar-refractivity contribution >= 4 is 72.8 Å². The maximum Gasteiger partial charge on any atom is 0.397 e. The third-order valence-corrected chi connectivity index (χ3v) is 22.7. The van der Waals surface area contributed by atoms with E-state index in [1.54, 1.807) is 0 Å². The van der Waals surface area contributed by atoms with Crippen molar-refractivity contribution in [3.05, 3.63) is 0 Å². The first-order valence-electron chi connectivity index (χ1n) is 34.6. The lowest BCUT2D eigenvalue weighted by atomic mass is 9.94. The van der Waals surface area contributed by atoms with Crippen molar-refractivity contribution in [2.45, 2.75) is 215 Å². The van der Waals surface area contributed by atoms with Crippen LogP contribution in [0.5, 0.6) is 0 Å². The molecule has 21 aliphatic rings. The molecular formula is C56H98O56S7. The molecule has 0 radical (unpaired) electrons. The van der Waals surface area contributed by atoms with Crippen molar-refractivity contribution < 1.29 is 253 Å². The highest BCUT2D eigenvalue weighted by atomic mass is 32.3. The zero-order valence-corrected chi connectivity index (χ0v) is 70.9. The van der Waals surface area contributed by atoms with Crippen LogP contribution in [0.2, 0.25) is 0 Å². The molecule has 1 unspecified atom stereocenters. The summed E-state index contributed by atoms with van der Waals surface area (Å²) in [7, 11) is -23.9. The molecule has 21 fully saturated rings. The summed E-state index contributed by atoms with van der Waals surface area (Å²) in [5, 5.41) is 0. The summed E-state index contributed by atoms with van der Waals surface area (Å²) in [5.41, 5.74) is 0. The highest BCUT2D eigenvalue weighted by molar-refractivity contribution is 7.82. The van der Waals surface area contributed by atoms with E-state index in [9.17, 15) is 90.8 Å². The van der Waals surface area contributed by atoms with Crippen LogP contribution in [0.3, 0.4) is 0 Å². The van der Waals surface area contributed by atoms with Gasteiger partial charge in [-0.3, -0.25) is 31.9 Å². The zero-order chi connectivity index (χ0) is 88.4. The Labute approximate surface area is 683 Å². The number of hydrogen-bond donors (Lipinski definition) is 7. The topological polar surface area (TPSA) is 704 Å². The molecule has 7 N–H and O–H groups in total. The molecule has 63 heteroatoms. The summed E-state index contributed by atoms with van der Waals surface area (Å²) in [4.78, 5) is 0. The Kier molecular flexibility index (Phi) is 37.7. The van der Waals surface area contributed by atoms with Crippen molar-refractivity contribution in [3.63, 3.8) is 0 Å². The first kappa shape index (κ1) is 102. The van der Waals surface area contributed by atoms with Gasteiger partial charge in [0.2, 0.25) is 0 Å². The van der Waals surface area contributed by atoms with Gasteiger partial charge >= 0.3 is 72.8 Å². The fourth-order valence-electron chi connectivity index (χ4n) is 14.8. The molecule has 0 aromatic rings. The number of ether oxygens (including phenoxy) is 28. The Morgan fingerprint density at radius 2 is 0.261 bits per heavy atom. The van der Waals surface area contributed by atoms with Crippen molar-refractivity contribution in [3.8, 4) is 0 Å². The maximum atomic E-state index is 12.5. The van der Waals surface area contributed by atoms with E-state index in [1.807, 2.05) is 0 Å². The van der Waals surface area contributed by atoms with E-state index in [-0.39, 0.29) is 0 Å². The molecule has 21 saturated heterocycles. The van der Waals surface area contributed by atoms with Gasteiger partial charge in [-0.25, -0.2) is 29.3 Å². The molecule has 700 valence electrons. The summed E-state index contributed by atoms with van der Waals surface area (Å²) in [6, 6.07) is 0. The normalized spacial score (nSPS) is 41.0. The van der Waals surface area contributed by atoms with Gasteiger partial charge in [0.1, 0.15) is 171 Å². The fraction of sp³-hybridized carbons (Fsp3) is 1.00. The zero-order valence-electron chi connectivity index (χ0n) is 65.1. The summed E-state index contributed by atoms with van der Waals surface area (Å²) in [6.07, 6.45) is -66.4. The minimum Gasteiger partial charge on any atom is -0.376 e. The molecule has 0 amide bonds. The molecule has 21 aliphatic heterocycles. The highest BCUT2D eigenvalue weighted by Gasteiger charge is 2.63. The van der Waals surface area contributed by atoms with E-state index in [0.29, 0.717) is 0 Å². The van der Waals surface area contributed by atoms with Gasteiger partial charge in [0.15, 0.2) is 44.0 Å². The Bertz CT molecular complexity index is 3280. The van der Waals surface area contributed by atoms with Crippen molar-refractivity contribution in [2.75, 3.05) is 146 Å². The summed E-state index contributed by atoms with van der Waals surface area (Å²) < 4.78 is 453. The van der Waals surface area contributed by atoms with Gasteiger partial charge in [0.25, 0.3) is 0 Å². The molecule has 14 bridgehead atoms. The van der Waals surface area contributed by atoms with Crippen LogP contribution in [-0.2, 0) is 235 Å². The van der Waals surface area contributed by atoms with Crippen molar-refractivity contribution in [1.29, 1.82) is 0 Å². The monoisotopic (exact) mass is 1890 g/mol. The summed E-state index contributed by atoms with van der Waals surface area (Å²) >= 11 is 0. The predicted molar refractivity (Wildman–Crippen MR) is 368 cm³/mol. The first-order chi connectivity index (χ1) is 55.7. The second-order valence-electron chi connectivity index (χ2n) is 26.3. The lowest BCUT2D eigenvalue weighted by Crippen LogP contribution is -2.69. The molecule has 0 saturated carbocycles. The Hall–Kier alpha value is -2.03. The Morgan fingerprint density at radius 1 is 0.168 bits per heavy atom. The van der Waals surface area contributed by atoms with Crippen LogP contribution in [0, 0.1) is 0 Å². The smallest absolute Gasteiger partial charge is 0.376 e. The molecule has 21 heterocycles. The Morgan fingerprint density at radius 3 is 0.336 bits per heavy atom. The SMILES string of the molecule is CO[C@@H]1[C@@H](OC)[C@H]2O[C@H]3[C@H](OC)[C@@H](OC)[C@@H](O[C@H]4[C@H](OC)[C@@H](OC)[C@@H](O[C@H]5[C@H](OC)[C@@H](OC)[C@@H](O[C@H]6[C@@H](OC)[C@H](OC)[C@@H](O[C@H]7[C@@H](OC)[C@H](OC)[C@@H](O[C@H]8[C@H](OC)[C@@H](OC)C(O[C@@H]1[C@H](COS(=O)(=O)O)O2)O[C@@H]8COS(=O)(=O)O)O[C@@H]7COS(=O)(=O)O)O[C@@H]6COS(=O)(=O)O)O[C@H]5COS(=O)(=O)O)O[C@H]4COS(=O)(=O)O)O[C@H]3COS(=O)(=O)O. The van der Waals surface area contributed by atoms with Gasteiger partial charge in [-0.2, -0.15) is 58.9 Å². The van der Waals surface area contributed by atoms with E-state index in [2.05, 4.69) is 0 Å². The largest absolute Gasteiger partial charge is 0.397 e. The minimum atomic E-state index is -5.50. The quantitative estimate of drug-likeness (QED) is 0.0290. The number of hydrogen-bond acceptors (Lipinski definition) is 49. The van der Waals surface area contributed by atoms with E-state index in [0.717, 1.165) is 99.5 Å². The van der Waals surface area contributed by atoms with E-state index < -0.39 is 334 Å². The lowest BCUT2D eigenvalue weighted by Gasteiger charge is -2.52. The van der Waals surface area contributed by atoms with Gasteiger partial charge in [-0.15, -0.1) is 0 Å². The minimum absolute atomic E-state index is 1.04. The van der Waals surface area contributed by atoms with Gasteiger partial charge in [-0.05, 0) is 0 Å². The third kappa shape index (κ3) is 27.1. The van der Waals surface area contributed by atoms with E-state index in [1.165, 1.54) is 0 Å². The molecule has 56 nitrogen and oxygen atoms in total. The van der Waals surface area contributed by atoms with Crippen LogP contribution in [0.1, 0.15) is 0 Å². The van der Waals surface area contributed by atoms with Gasteiger partial charge in [0.05, 0.1) is 46.2 Å². The van der Waals surface area contributed by atoms with Crippen LogP contribution in [0.15, 0.2) is 0 Å². The summed E-state index contributed by atoms with van der Waals surface area (Å²) in [5.74, 6) is 0. The van der Waals surface area contributed by atoms with Crippen LogP contribution in [-0.4, -0.2) is 452 Å². The molecule has 0 spiro atoms. The molecule has 119 heavy (non-hydrogen) atoms. The van der Waals surface area contributed by atoms with E-state index in [4.69, 9.17) is 162 Å². The first-order valence-corrected chi connectivity index (χ1v) is 44.2. The van der Waals surface area contributed by atoms with E-state index >= 15 is 0 Å². The standard InChI is InChI=1S/C56H98O56S7/c1-78-36-29-22(15-92-113(57,58)59)99-50(43(36)85-8)107-30-23(16-93-114(60,61)62)101-52(45(87-10)37(30)79-2)109-32-25(18-95-116(66,67)68)103-54(47(89-12)39(32)81-4)111-34-27(20-97-118(72,73)74)105-56(49(91-14)41(34)83-6)112-35-28(21-98-119(75,76)77)104-55(48(90-13)42(35)84-7)110-33-26(19-96-117(69,70)71)102-53(46(88-11)40(33)82-5)108-31-24(17-94-115(63,64)65)100-51(106-29)44(86-9)38(31)80-3/h22-56H,15-21H2,1-14H3,(H,57,58,59)(H,60,61,62)(H,63,64,65)(H,66,67,68)(H,69,70,71)(H,72,73,74)(H,75,76,77)/t22-,23-,24-,25-,26+,27+,28+,29+,30+,31+,32+,33+,34+,35+,36-,37-,38-,39-,40-,41+,42+,43+,44+,45+,46+,47+,48-,49-,50+,51+,52+,53?,54+,55+,56+/m0/s1. The number of methoxy groups -OCH3 is 14. The number of rotatable bonds is 35. The molecule has 35 atom stereocenters. The second kappa shape index (κ2) is 43.9. The maximum absolute atomic E-state index is 12.5. The van der Waals surface area contributed by atoms with Crippen LogP contribution < -0.4 is 0 Å². The van der Waals surface area contributed by atoms with Crippen LogP contribution >= 0.6 is 0 Å². The average molecular weight is 1890 g/mol. The second-order valence-corrected chi connectivity index (χ2v) is 33.9. The Balaban J connectivity index is 1.35. The van der Waals surface area contributed by atoms with Crippen LogP contribution in [0.4, 0.5) is 0 Å². The molecular weight excluding hydrogens is 1790 g/mol. The van der Waals surface area contributed by atoms with Gasteiger partial charge in [0, 0.05) is 99.5 Å². The van der Waals surface area contributed by atoms with Crippen molar-refractivity contribution in [1.82, 2.24) is 0 Å². The van der Waals surface area contributed by atoms with Crippen molar-refractivity contribution in [2.24, 2.45) is 0 Å². The van der Waals surface area contributed by atoms with Gasteiger partial charge < -0.3 is 133 Å². The summed E-state index contributed by atoms with van der Waals surface area (Å²) in [6.45, 7) is -9.08. The molecule has 21 rings (SSSR count). The molecule has 0 aromatic heterocycles. The third-order valence-electron chi connectivity index (χ3n) is 19.7. The predicted octanol–water partition coefficient (Wildman–Crippen LogP) is -7.28. The molecule has 0 aromatic carbocycles. The average Bonchev–Trinajstić information content (AvgIpc) is 0.798. The molecule has 0 aliphatic carbocycles. The lowest BCUT2D eigenvalue weighted by molar-refractivity contribution is -0.401. The highest BCUT2D eigenvalue weighted by Crippen LogP contribution is 2.44. The van der Waals surface area contributed by atoms with Crippen LogP contribution in [0.25, 0.3) is 0 Å².